The highest BCUT2D eigenvalue weighted by Gasteiger charge is 2.55. The quantitative estimate of drug-likeness (QED) is 0.135. The number of nitrogens with zero attached hydrogens (tertiary/aromatic N) is 1. The van der Waals surface area contributed by atoms with E-state index in [4.69, 9.17) is 4.74 Å². The van der Waals surface area contributed by atoms with Crippen LogP contribution in [0.25, 0.3) is 10.1 Å². The summed E-state index contributed by atoms with van der Waals surface area (Å²) in [4.78, 5) is 54.5. The summed E-state index contributed by atoms with van der Waals surface area (Å²) in [6.45, 7) is 2.47. The molecule has 4 aliphatic carbocycles. The fourth-order valence-corrected chi connectivity index (χ4v) is 11.4. The highest BCUT2D eigenvalue weighted by atomic mass is 32.2. The molecule has 2 unspecified atom stereocenters. The molecule has 0 spiro atoms. The molecule has 6 aliphatic rings. The van der Waals surface area contributed by atoms with Crippen molar-refractivity contribution in [3.63, 3.8) is 0 Å². The second-order valence-electron chi connectivity index (χ2n) is 13.8. The van der Waals surface area contributed by atoms with Gasteiger partial charge in [-0.2, -0.15) is 0 Å². The van der Waals surface area contributed by atoms with Gasteiger partial charge in [-0.1, -0.05) is 13.0 Å². The van der Waals surface area contributed by atoms with Crippen LogP contribution in [0.5, 0.6) is 5.75 Å². The Morgan fingerprint density at radius 3 is 2.55 bits per heavy atom. The van der Waals surface area contributed by atoms with Crippen LogP contribution >= 0.6 is 23.1 Å². The van der Waals surface area contributed by atoms with Crippen LogP contribution < -0.4 is 10.1 Å². The van der Waals surface area contributed by atoms with Crippen molar-refractivity contribution in [3.05, 3.63) is 58.5 Å². The zero-order valence-electron chi connectivity index (χ0n) is 24.8. The van der Waals surface area contributed by atoms with E-state index >= 15 is 0 Å². The number of amides is 3. The molecule has 1 N–H and O–H groups in total. The number of benzene rings is 2. The number of thioether (sulfide) groups is 1. The van der Waals surface area contributed by atoms with E-state index in [0.29, 0.717) is 24.3 Å². The van der Waals surface area contributed by atoms with E-state index in [1.807, 2.05) is 36.4 Å². The number of fused-ring (bicyclic) bond motifs is 2. The molecule has 2 aromatic carbocycles. The first-order valence-electron chi connectivity index (χ1n) is 15.9. The van der Waals surface area contributed by atoms with E-state index in [1.54, 1.807) is 28.0 Å². The van der Waals surface area contributed by atoms with Crippen LogP contribution in [-0.4, -0.2) is 34.6 Å². The lowest BCUT2D eigenvalue weighted by atomic mass is 9.46. The second kappa shape index (κ2) is 10.7. The van der Waals surface area contributed by atoms with Gasteiger partial charge in [-0.15, -0.1) is 23.1 Å². The number of rotatable bonds is 7. The van der Waals surface area contributed by atoms with Crippen LogP contribution in [0.1, 0.15) is 79.1 Å². The van der Waals surface area contributed by atoms with Crippen molar-refractivity contribution >= 4 is 56.9 Å². The molecular weight excluding hydrogens is 593 g/mol. The summed E-state index contributed by atoms with van der Waals surface area (Å²) in [6, 6.07) is 13.2. The van der Waals surface area contributed by atoms with Gasteiger partial charge in [0.15, 0.2) is 0 Å². The summed E-state index contributed by atoms with van der Waals surface area (Å²) in [5.74, 6) is 2.76. The summed E-state index contributed by atoms with van der Waals surface area (Å²) < 4.78 is 7.17. The van der Waals surface area contributed by atoms with E-state index in [2.05, 4.69) is 18.3 Å². The molecule has 0 radical (unpaired) electrons. The van der Waals surface area contributed by atoms with Gasteiger partial charge in [-0.3, -0.25) is 24.5 Å². The summed E-state index contributed by atoms with van der Waals surface area (Å²) >= 11 is 3.41. The van der Waals surface area contributed by atoms with Gasteiger partial charge in [-0.05, 0) is 115 Å². The molecule has 3 aromatic rings. The highest BCUT2D eigenvalue weighted by Crippen LogP contribution is 2.62. The third kappa shape index (κ3) is 4.87. The summed E-state index contributed by atoms with van der Waals surface area (Å²) in [5.41, 5.74) is 1.70. The highest BCUT2D eigenvalue weighted by molar-refractivity contribution is 7.98. The first-order valence-corrected chi connectivity index (χ1v) is 17.7. The van der Waals surface area contributed by atoms with E-state index in [1.165, 1.54) is 43.4 Å². The van der Waals surface area contributed by atoms with E-state index in [0.717, 1.165) is 44.1 Å². The molecular formula is C35H36N2O5S2. The summed E-state index contributed by atoms with van der Waals surface area (Å²) in [5, 5.41) is 3.44. The molecule has 228 valence electrons. The van der Waals surface area contributed by atoms with Crippen molar-refractivity contribution in [1.82, 2.24) is 10.2 Å². The summed E-state index contributed by atoms with van der Waals surface area (Å²) in [6.07, 6.45) is 8.25. The SMILES string of the molecule is CC(C(=O)Oc1ccc2sc(CSc3cccc4c3CN(C3CCC(=O)NC3=O)C4=O)cc2c1)C12CC3CC(CC(C3)C1)C2. The molecule has 1 aromatic heterocycles. The topological polar surface area (TPSA) is 92.8 Å². The lowest BCUT2D eigenvalue weighted by Gasteiger charge is -2.58. The maximum Gasteiger partial charge on any atom is 0.314 e. The monoisotopic (exact) mass is 628 g/mol. The molecule has 7 nitrogen and oxygen atoms in total. The van der Waals surface area contributed by atoms with Crippen LogP contribution in [0, 0.1) is 29.1 Å². The van der Waals surface area contributed by atoms with Crippen molar-refractivity contribution in [2.24, 2.45) is 29.1 Å². The number of esters is 1. The average Bonchev–Trinajstić information content (AvgIpc) is 3.55. The van der Waals surface area contributed by atoms with E-state index in [-0.39, 0.29) is 35.5 Å². The van der Waals surface area contributed by atoms with Crippen LogP contribution in [0.4, 0.5) is 0 Å². The Labute approximate surface area is 265 Å². The fourth-order valence-electron chi connectivity index (χ4n) is 9.21. The maximum atomic E-state index is 13.4. The molecule has 44 heavy (non-hydrogen) atoms. The largest absolute Gasteiger partial charge is 0.426 e. The van der Waals surface area contributed by atoms with Crippen molar-refractivity contribution in [2.75, 3.05) is 0 Å². The molecule has 3 amide bonds. The Morgan fingerprint density at radius 2 is 1.82 bits per heavy atom. The predicted molar refractivity (Wildman–Crippen MR) is 169 cm³/mol. The van der Waals surface area contributed by atoms with Gasteiger partial charge >= 0.3 is 5.97 Å². The number of imide groups is 1. The van der Waals surface area contributed by atoms with Crippen molar-refractivity contribution in [3.8, 4) is 5.75 Å². The number of ether oxygens (including phenoxy) is 1. The Hall–Kier alpha value is -3.17. The summed E-state index contributed by atoms with van der Waals surface area (Å²) in [7, 11) is 0. The van der Waals surface area contributed by atoms with Gasteiger partial charge in [-0.25, -0.2) is 0 Å². The molecule has 3 heterocycles. The fraction of sp³-hybridized carbons (Fsp3) is 0.486. The van der Waals surface area contributed by atoms with Crippen LogP contribution in [-0.2, 0) is 26.7 Å². The van der Waals surface area contributed by atoms with Crippen molar-refractivity contribution in [2.45, 2.75) is 81.5 Å². The molecule has 9 heteroatoms. The molecule has 5 fully saturated rings. The smallest absolute Gasteiger partial charge is 0.314 e. The van der Waals surface area contributed by atoms with E-state index < -0.39 is 11.9 Å². The van der Waals surface area contributed by atoms with E-state index in [9.17, 15) is 19.2 Å². The molecule has 4 bridgehead atoms. The minimum atomic E-state index is -0.619. The number of thiophene rings is 1. The van der Waals surface area contributed by atoms with Crippen LogP contribution in [0.3, 0.4) is 0 Å². The van der Waals surface area contributed by atoms with Crippen LogP contribution in [0.15, 0.2) is 47.4 Å². The minimum absolute atomic E-state index is 0.0774. The Bertz CT molecular complexity index is 1680. The third-order valence-electron chi connectivity index (χ3n) is 11.0. The first-order chi connectivity index (χ1) is 21.2. The zero-order valence-corrected chi connectivity index (χ0v) is 26.4. The van der Waals surface area contributed by atoms with Gasteiger partial charge < -0.3 is 9.64 Å². The molecule has 1 saturated heterocycles. The number of carbonyl (C=O) groups excluding carboxylic acids is 4. The van der Waals surface area contributed by atoms with Gasteiger partial charge in [0.1, 0.15) is 11.8 Å². The Kier molecular flexibility index (Phi) is 6.90. The van der Waals surface area contributed by atoms with Crippen LogP contribution in [0.2, 0.25) is 0 Å². The molecule has 4 saturated carbocycles. The second-order valence-corrected chi connectivity index (χ2v) is 16.0. The lowest BCUT2D eigenvalue weighted by molar-refractivity contribution is -0.153. The number of piperidine rings is 1. The van der Waals surface area contributed by atoms with Crippen molar-refractivity contribution < 1.29 is 23.9 Å². The Morgan fingerprint density at radius 1 is 1.07 bits per heavy atom. The minimum Gasteiger partial charge on any atom is -0.426 e. The number of nitrogens with one attached hydrogen (secondary N) is 1. The lowest BCUT2D eigenvalue weighted by Crippen LogP contribution is -2.52. The first kappa shape index (κ1) is 28.3. The predicted octanol–water partition coefficient (Wildman–Crippen LogP) is 6.71. The molecule has 2 atom stereocenters. The third-order valence-corrected chi connectivity index (χ3v) is 13.5. The Balaban J connectivity index is 0.937. The van der Waals surface area contributed by atoms with Gasteiger partial charge in [0.25, 0.3) is 5.91 Å². The number of hydrogen-bond donors (Lipinski definition) is 1. The number of hydrogen-bond acceptors (Lipinski definition) is 7. The maximum absolute atomic E-state index is 13.4. The van der Waals surface area contributed by atoms with Crippen molar-refractivity contribution in [1.29, 1.82) is 0 Å². The normalized spacial score (nSPS) is 29.7. The van der Waals surface area contributed by atoms with Gasteiger partial charge in [0, 0.05) is 38.8 Å². The average molecular weight is 629 g/mol. The molecule has 9 rings (SSSR count). The standard InChI is InChI=1S/C35H36N2O5S2/c1-19(35-14-20-9-21(15-35)11-22(10-20)16-35)34(41)42-24-5-7-29-23(12-24)13-25(44-29)18-43-30-4-2-3-26-27(30)17-37(33(26)40)28-6-8-31(38)36-32(28)39/h2-5,7,12-13,19-22,28H,6,8-11,14-18H2,1H3,(H,36,38,39). The molecule has 2 aliphatic heterocycles. The zero-order chi connectivity index (χ0) is 30.2. The van der Waals surface area contributed by atoms with Gasteiger partial charge in [0.2, 0.25) is 11.8 Å². The number of carbonyl (C=O) groups is 4. The van der Waals surface area contributed by atoms with Gasteiger partial charge in [0.05, 0.1) is 5.92 Å².